The van der Waals surface area contributed by atoms with Crippen molar-refractivity contribution in [2.24, 2.45) is 5.14 Å². The molecule has 0 spiro atoms. The van der Waals surface area contributed by atoms with Gasteiger partial charge in [-0.1, -0.05) is 18.7 Å². The van der Waals surface area contributed by atoms with E-state index in [1.54, 1.807) is 6.92 Å². The first-order valence-electron chi connectivity index (χ1n) is 7.48. The summed E-state index contributed by atoms with van der Waals surface area (Å²) in [6, 6.07) is 5.54. The van der Waals surface area contributed by atoms with Crippen molar-refractivity contribution in [1.82, 2.24) is 14.8 Å². The fourth-order valence-electron chi connectivity index (χ4n) is 2.00. The van der Waals surface area contributed by atoms with E-state index >= 15 is 0 Å². The fourth-order valence-corrected chi connectivity index (χ4v) is 3.39. The molecule has 1 aromatic heterocycles. The van der Waals surface area contributed by atoms with Crippen LogP contribution in [0.25, 0.3) is 0 Å². The molecule has 0 unspecified atom stereocenters. The van der Waals surface area contributed by atoms with Gasteiger partial charge in [0.15, 0.2) is 5.16 Å². The number of H-pyrrole nitrogens is 1. The number of hydrogen-bond donors (Lipinski definition) is 3. The van der Waals surface area contributed by atoms with E-state index in [9.17, 15) is 18.0 Å². The molecule has 0 aliphatic rings. The van der Waals surface area contributed by atoms with E-state index in [-0.39, 0.29) is 16.5 Å². The average molecular weight is 385 g/mol. The van der Waals surface area contributed by atoms with Crippen LogP contribution in [0.4, 0.5) is 5.69 Å². The number of nitrogens with one attached hydrogen (secondary N) is 2. The lowest BCUT2D eigenvalue weighted by Gasteiger charge is -2.12. The maximum atomic E-state index is 12.3. The summed E-state index contributed by atoms with van der Waals surface area (Å²) in [5, 5.41) is 13.9. The van der Waals surface area contributed by atoms with Gasteiger partial charge in [-0.3, -0.25) is 9.36 Å². The van der Waals surface area contributed by atoms with Crippen molar-refractivity contribution >= 4 is 33.4 Å². The van der Waals surface area contributed by atoms with Crippen LogP contribution in [-0.4, -0.2) is 34.3 Å². The molecule has 1 aromatic carbocycles. The minimum atomic E-state index is -3.77. The Balaban J connectivity index is 2.04. The number of aromatic amines is 1. The number of carbonyl (C=O) groups excluding carboxylic acids is 1. The lowest BCUT2D eigenvalue weighted by Crippen LogP contribution is -2.24. The number of sulfonamides is 1. The molecule has 0 fully saturated rings. The monoisotopic (exact) mass is 385 g/mol. The van der Waals surface area contributed by atoms with Crippen molar-refractivity contribution in [3.63, 3.8) is 0 Å². The number of hydrogen-bond acceptors (Lipinski definition) is 6. The maximum Gasteiger partial charge on any atom is 0.343 e. The van der Waals surface area contributed by atoms with Crippen LogP contribution in [-0.2, 0) is 21.4 Å². The molecule has 0 bridgehead atoms. The van der Waals surface area contributed by atoms with E-state index in [1.807, 2.05) is 6.92 Å². The lowest BCUT2D eigenvalue weighted by atomic mass is 10.3. The smallest absolute Gasteiger partial charge is 0.325 e. The Kier molecular flexibility index (Phi) is 6.03. The number of amides is 1. The highest BCUT2D eigenvalue weighted by Gasteiger charge is 2.19. The Morgan fingerprint density at radius 3 is 2.60 bits per heavy atom. The topological polar surface area (TPSA) is 140 Å². The summed E-state index contributed by atoms with van der Waals surface area (Å²) >= 11 is 1.16. The highest BCUT2D eigenvalue weighted by Crippen LogP contribution is 2.22. The molecule has 0 aliphatic heterocycles. The molecule has 136 valence electrons. The quantitative estimate of drug-likeness (QED) is 0.601. The van der Waals surface area contributed by atoms with Crippen LogP contribution in [0.1, 0.15) is 20.3 Å². The second-order valence-electron chi connectivity index (χ2n) is 5.28. The van der Waals surface area contributed by atoms with Crippen molar-refractivity contribution in [3.05, 3.63) is 34.7 Å². The number of anilines is 1. The number of rotatable bonds is 7. The molecule has 1 amide bonds. The van der Waals surface area contributed by atoms with E-state index in [1.165, 1.54) is 28.8 Å². The number of benzene rings is 1. The largest absolute Gasteiger partial charge is 0.343 e. The molecule has 25 heavy (non-hydrogen) atoms. The minimum Gasteiger partial charge on any atom is -0.325 e. The second-order valence-corrected chi connectivity index (χ2v) is 8.15. The zero-order chi connectivity index (χ0) is 18.6. The third-order valence-electron chi connectivity index (χ3n) is 3.27. The Morgan fingerprint density at radius 2 is 2.04 bits per heavy atom. The number of nitrogens with zero attached hydrogens (tertiary/aromatic N) is 2. The zero-order valence-electron chi connectivity index (χ0n) is 13.7. The molecule has 2 aromatic rings. The molecule has 11 heteroatoms. The number of primary sulfonamides is 1. The van der Waals surface area contributed by atoms with Crippen LogP contribution in [0.2, 0.25) is 0 Å². The van der Waals surface area contributed by atoms with Gasteiger partial charge < -0.3 is 5.32 Å². The van der Waals surface area contributed by atoms with Crippen LogP contribution in [0.5, 0.6) is 0 Å². The molecule has 0 saturated heterocycles. The van der Waals surface area contributed by atoms with Gasteiger partial charge in [-0.15, -0.1) is 5.10 Å². The minimum absolute atomic E-state index is 0.0342. The highest BCUT2D eigenvalue weighted by molar-refractivity contribution is 8.00. The number of nitrogens with two attached hydrogens (primary N) is 1. The predicted molar refractivity (Wildman–Crippen MR) is 94.9 cm³/mol. The van der Waals surface area contributed by atoms with E-state index in [4.69, 9.17) is 5.14 Å². The molecule has 1 atom stereocenters. The third-order valence-corrected chi connectivity index (χ3v) is 5.29. The van der Waals surface area contributed by atoms with Gasteiger partial charge >= 0.3 is 5.69 Å². The number of aromatic nitrogens is 3. The van der Waals surface area contributed by atoms with E-state index in [2.05, 4.69) is 15.5 Å². The highest BCUT2D eigenvalue weighted by atomic mass is 32.2. The Labute approximate surface area is 149 Å². The van der Waals surface area contributed by atoms with Crippen molar-refractivity contribution in [2.75, 3.05) is 5.32 Å². The van der Waals surface area contributed by atoms with Crippen molar-refractivity contribution in [3.8, 4) is 0 Å². The first-order chi connectivity index (χ1) is 11.7. The predicted octanol–water partition coefficient (Wildman–Crippen LogP) is 0.748. The van der Waals surface area contributed by atoms with Gasteiger partial charge in [-0.2, -0.15) is 0 Å². The molecular weight excluding hydrogens is 366 g/mol. The SMILES string of the molecule is CCCn1c(S[C@@H](C)C(=O)Nc2ccc(S(N)(=O)=O)cc2)n[nH]c1=O. The number of thioether (sulfide) groups is 1. The zero-order valence-corrected chi connectivity index (χ0v) is 15.4. The van der Waals surface area contributed by atoms with Crippen molar-refractivity contribution < 1.29 is 13.2 Å². The van der Waals surface area contributed by atoms with Crippen LogP contribution in [0.3, 0.4) is 0 Å². The van der Waals surface area contributed by atoms with Gasteiger partial charge in [-0.25, -0.2) is 23.4 Å². The summed E-state index contributed by atoms with van der Waals surface area (Å²) in [4.78, 5) is 23.9. The standard InChI is InChI=1S/C14H19N5O4S2/c1-3-8-19-13(21)17-18-14(19)24-9(2)12(20)16-10-4-6-11(7-5-10)25(15,22)23/h4-7,9H,3,8H2,1-2H3,(H,16,20)(H,17,21)(H2,15,22,23)/t9-/m0/s1. The van der Waals surface area contributed by atoms with Gasteiger partial charge in [0.2, 0.25) is 15.9 Å². The molecule has 0 radical (unpaired) electrons. The first-order valence-corrected chi connectivity index (χ1v) is 9.90. The van der Waals surface area contributed by atoms with Gasteiger partial charge in [0.25, 0.3) is 0 Å². The van der Waals surface area contributed by atoms with Gasteiger partial charge in [-0.05, 0) is 37.6 Å². The van der Waals surface area contributed by atoms with Crippen molar-refractivity contribution in [2.45, 2.75) is 42.1 Å². The normalized spacial score (nSPS) is 12.8. The molecular formula is C14H19N5O4S2. The summed E-state index contributed by atoms with van der Waals surface area (Å²) < 4.78 is 23.9. The lowest BCUT2D eigenvalue weighted by molar-refractivity contribution is -0.115. The third kappa shape index (κ3) is 4.94. The summed E-state index contributed by atoms with van der Waals surface area (Å²) in [6.07, 6.45) is 0.768. The Hall–Kier alpha value is -2.11. The number of carbonyl (C=O) groups is 1. The van der Waals surface area contributed by atoms with E-state index < -0.39 is 15.3 Å². The molecule has 0 saturated carbocycles. The summed E-state index contributed by atoms with van der Waals surface area (Å²) in [5.74, 6) is -0.299. The van der Waals surface area contributed by atoms with Gasteiger partial charge in [0, 0.05) is 12.2 Å². The van der Waals surface area contributed by atoms with Gasteiger partial charge in [0.1, 0.15) is 0 Å². The molecule has 1 heterocycles. The van der Waals surface area contributed by atoms with E-state index in [0.717, 1.165) is 18.2 Å². The summed E-state index contributed by atoms with van der Waals surface area (Å²) in [5.41, 5.74) is 0.133. The Morgan fingerprint density at radius 1 is 1.40 bits per heavy atom. The first kappa shape index (κ1) is 19.2. The van der Waals surface area contributed by atoms with Crippen LogP contribution in [0, 0.1) is 0 Å². The molecule has 0 aliphatic carbocycles. The summed E-state index contributed by atoms with van der Waals surface area (Å²) in [6.45, 7) is 4.14. The van der Waals surface area contributed by atoms with Crippen LogP contribution >= 0.6 is 11.8 Å². The van der Waals surface area contributed by atoms with Crippen LogP contribution in [0.15, 0.2) is 39.1 Å². The van der Waals surface area contributed by atoms with Crippen molar-refractivity contribution in [1.29, 1.82) is 0 Å². The Bertz CT molecular complexity index is 902. The average Bonchev–Trinajstić information content (AvgIpc) is 2.88. The van der Waals surface area contributed by atoms with Crippen LogP contribution < -0.4 is 16.1 Å². The molecule has 9 nitrogen and oxygen atoms in total. The summed E-state index contributed by atoms with van der Waals surface area (Å²) in [7, 11) is -3.77. The van der Waals surface area contributed by atoms with E-state index in [0.29, 0.717) is 17.4 Å². The second kappa shape index (κ2) is 7.85. The fraction of sp³-hybridized carbons (Fsp3) is 0.357. The van der Waals surface area contributed by atoms with Gasteiger partial charge in [0.05, 0.1) is 10.1 Å². The molecule has 4 N–H and O–H groups in total. The maximum absolute atomic E-state index is 12.3. The molecule has 2 rings (SSSR count).